The van der Waals surface area contributed by atoms with Gasteiger partial charge in [-0.2, -0.15) is 0 Å². The summed E-state index contributed by atoms with van der Waals surface area (Å²) in [6, 6.07) is 0. The number of rotatable bonds is 4. The van der Waals surface area contributed by atoms with Crippen molar-refractivity contribution in [2.24, 2.45) is 5.92 Å². The molecule has 0 aromatic carbocycles. The fourth-order valence-electron chi connectivity index (χ4n) is 0.890. The standard InChI is InChI=1S/C8H15NO3/c1-3-6(4-2)5-9-7(10)8(11)12/h6H,3-5H2,1-2H3,(H,9,10)(H,11,12). The summed E-state index contributed by atoms with van der Waals surface area (Å²) in [5.41, 5.74) is 0. The molecule has 0 fully saturated rings. The Labute approximate surface area is 72.0 Å². The van der Waals surface area contributed by atoms with Gasteiger partial charge >= 0.3 is 11.9 Å². The van der Waals surface area contributed by atoms with E-state index < -0.39 is 11.9 Å². The molecule has 0 aliphatic rings. The molecular weight excluding hydrogens is 158 g/mol. The number of hydrogen-bond acceptors (Lipinski definition) is 2. The normalized spacial score (nSPS) is 9.92. The molecule has 2 N–H and O–H groups in total. The summed E-state index contributed by atoms with van der Waals surface area (Å²) >= 11 is 0. The second kappa shape index (κ2) is 5.57. The van der Waals surface area contributed by atoms with Gasteiger partial charge in [-0.3, -0.25) is 4.79 Å². The minimum atomic E-state index is -1.42. The average Bonchev–Trinajstić information content (AvgIpc) is 2.05. The molecule has 0 aromatic rings. The van der Waals surface area contributed by atoms with E-state index >= 15 is 0 Å². The first-order chi connectivity index (χ1) is 5.61. The predicted octanol–water partition coefficient (Wildman–Crippen LogP) is 0.623. The third-order valence-electron chi connectivity index (χ3n) is 1.90. The maximum atomic E-state index is 10.6. The van der Waals surface area contributed by atoms with E-state index in [2.05, 4.69) is 5.32 Å². The Kier molecular flexibility index (Phi) is 5.08. The highest BCUT2D eigenvalue weighted by Gasteiger charge is 2.11. The first-order valence-corrected chi connectivity index (χ1v) is 4.12. The Balaban J connectivity index is 3.66. The molecule has 0 aliphatic heterocycles. The second-order valence-corrected chi connectivity index (χ2v) is 2.70. The zero-order valence-electron chi connectivity index (χ0n) is 7.46. The van der Waals surface area contributed by atoms with Gasteiger partial charge in [0.25, 0.3) is 0 Å². The summed E-state index contributed by atoms with van der Waals surface area (Å²) in [4.78, 5) is 20.6. The maximum Gasteiger partial charge on any atom is 0.394 e. The van der Waals surface area contributed by atoms with Gasteiger partial charge in [-0.05, 0) is 5.92 Å². The van der Waals surface area contributed by atoms with E-state index in [0.29, 0.717) is 12.5 Å². The maximum absolute atomic E-state index is 10.6. The molecule has 0 saturated carbocycles. The lowest BCUT2D eigenvalue weighted by atomic mass is 10.0. The fraction of sp³-hybridized carbons (Fsp3) is 0.750. The molecule has 0 aliphatic carbocycles. The number of carbonyl (C=O) groups excluding carboxylic acids is 1. The Hall–Kier alpha value is -1.06. The van der Waals surface area contributed by atoms with Crippen molar-refractivity contribution in [3.05, 3.63) is 0 Å². The molecule has 0 radical (unpaired) electrons. The van der Waals surface area contributed by atoms with Crippen molar-refractivity contribution >= 4 is 11.9 Å². The average molecular weight is 173 g/mol. The number of nitrogens with one attached hydrogen (secondary N) is 1. The van der Waals surface area contributed by atoms with Gasteiger partial charge in [0, 0.05) is 6.54 Å². The second-order valence-electron chi connectivity index (χ2n) is 2.70. The fourth-order valence-corrected chi connectivity index (χ4v) is 0.890. The first-order valence-electron chi connectivity index (χ1n) is 4.12. The quantitative estimate of drug-likeness (QED) is 0.612. The van der Waals surface area contributed by atoms with Gasteiger partial charge in [0.05, 0.1) is 0 Å². The molecule has 0 atom stereocenters. The predicted molar refractivity (Wildman–Crippen MR) is 44.7 cm³/mol. The summed E-state index contributed by atoms with van der Waals surface area (Å²) in [5, 5.41) is 10.6. The lowest BCUT2D eigenvalue weighted by Crippen LogP contribution is -2.34. The van der Waals surface area contributed by atoms with Crippen LogP contribution in [0.4, 0.5) is 0 Å². The van der Waals surface area contributed by atoms with E-state index in [1.165, 1.54) is 0 Å². The highest BCUT2D eigenvalue weighted by Crippen LogP contribution is 2.04. The minimum absolute atomic E-state index is 0.383. The van der Waals surface area contributed by atoms with Crippen LogP contribution in [0.2, 0.25) is 0 Å². The van der Waals surface area contributed by atoms with Gasteiger partial charge in [0.15, 0.2) is 0 Å². The van der Waals surface area contributed by atoms with Crippen molar-refractivity contribution in [3.8, 4) is 0 Å². The van der Waals surface area contributed by atoms with E-state index in [1.807, 2.05) is 13.8 Å². The van der Waals surface area contributed by atoms with Gasteiger partial charge in [0.1, 0.15) is 0 Å². The van der Waals surface area contributed by atoms with Crippen LogP contribution in [0.25, 0.3) is 0 Å². The molecule has 0 bridgehead atoms. The van der Waals surface area contributed by atoms with Gasteiger partial charge in [-0.25, -0.2) is 4.79 Å². The summed E-state index contributed by atoms with van der Waals surface area (Å²) in [5.74, 6) is -1.95. The smallest absolute Gasteiger partial charge is 0.394 e. The summed E-state index contributed by atoms with van der Waals surface area (Å²) < 4.78 is 0. The summed E-state index contributed by atoms with van der Waals surface area (Å²) in [7, 11) is 0. The number of carboxylic acid groups (broad SMARTS) is 1. The minimum Gasteiger partial charge on any atom is -0.474 e. The third kappa shape index (κ3) is 3.95. The number of amides is 1. The Morgan fingerprint density at radius 2 is 1.83 bits per heavy atom. The van der Waals surface area contributed by atoms with Crippen LogP contribution < -0.4 is 5.32 Å². The molecule has 0 spiro atoms. The Morgan fingerprint density at radius 3 is 2.17 bits per heavy atom. The summed E-state index contributed by atoms with van der Waals surface area (Å²) in [6.07, 6.45) is 1.91. The van der Waals surface area contributed by atoms with E-state index in [4.69, 9.17) is 5.11 Å². The Bertz CT molecular complexity index is 164. The van der Waals surface area contributed by atoms with E-state index in [9.17, 15) is 9.59 Å². The third-order valence-corrected chi connectivity index (χ3v) is 1.90. The van der Waals surface area contributed by atoms with Crippen molar-refractivity contribution in [2.75, 3.05) is 6.54 Å². The first kappa shape index (κ1) is 10.9. The van der Waals surface area contributed by atoms with E-state index in [0.717, 1.165) is 12.8 Å². The van der Waals surface area contributed by atoms with Gasteiger partial charge in [-0.15, -0.1) is 0 Å². The van der Waals surface area contributed by atoms with Crippen molar-refractivity contribution < 1.29 is 14.7 Å². The van der Waals surface area contributed by atoms with E-state index in [1.54, 1.807) is 0 Å². The zero-order chi connectivity index (χ0) is 9.56. The lowest BCUT2D eigenvalue weighted by Gasteiger charge is -2.11. The van der Waals surface area contributed by atoms with Crippen LogP contribution >= 0.6 is 0 Å². The van der Waals surface area contributed by atoms with E-state index in [-0.39, 0.29) is 0 Å². The molecule has 0 saturated heterocycles. The molecule has 4 heteroatoms. The van der Waals surface area contributed by atoms with Gasteiger partial charge in [0.2, 0.25) is 0 Å². The van der Waals surface area contributed by atoms with Gasteiger partial charge < -0.3 is 10.4 Å². The van der Waals surface area contributed by atoms with Crippen LogP contribution in [0.3, 0.4) is 0 Å². The lowest BCUT2D eigenvalue weighted by molar-refractivity contribution is -0.150. The molecule has 0 heterocycles. The van der Waals surface area contributed by atoms with Crippen molar-refractivity contribution in [3.63, 3.8) is 0 Å². The summed E-state index contributed by atoms with van der Waals surface area (Å²) in [6.45, 7) is 4.49. The molecule has 1 amide bonds. The topological polar surface area (TPSA) is 66.4 Å². The van der Waals surface area contributed by atoms with Gasteiger partial charge in [-0.1, -0.05) is 26.7 Å². The molecule has 0 rings (SSSR count). The number of carboxylic acids is 1. The van der Waals surface area contributed by atoms with Crippen LogP contribution in [-0.4, -0.2) is 23.5 Å². The van der Waals surface area contributed by atoms with Crippen LogP contribution in [0.15, 0.2) is 0 Å². The van der Waals surface area contributed by atoms with Crippen molar-refractivity contribution in [1.29, 1.82) is 0 Å². The van der Waals surface area contributed by atoms with Crippen LogP contribution in [0, 0.1) is 5.92 Å². The van der Waals surface area contributed by atoms with Crippen LogP contribution in [0.5, 0.6) is 0 Å². The van der Waals surface area contributed by atoms with Crippen molar-refractivity contribution in [1.82, 2.24) is 5.32 Å². The molecule has 0 aromatic heterocycles. The highest BCUT2D eigenvalue weighted by molar-refractivity contribution is 6.31. The highest BCUT2D eigenvalue weighted by atomic mass is 16.4. The SMILES string of the molecule is CCC(CC)CNC(=O)C(=O)O. The molecule has 70 valence electrons. The largest absolute Gasteiger partial charge is 0.474 e. The van der Waals surface area contributed by atoms with Crippen LogP contribution in [0.1, 0.15) is 26.7 Å². The number of carbonyl (C=O) groups is 2. The number of aliphatic carboxylic acids is 1. The monoisotopic (exact) mass is 173 g/mol. The molecule has 0 unspecified atom stereocenters. The zero-order valence-corrected chi connectivity index (χ0v) is 7.46. The Morgan fingerprint density at radius 1 is 1.33 bits per heavy atom. The van der Waals surface area contributed by atoms with Crippen molar-refractivity contribution in [2.45, 2.75) is 26.7 Å². The molecule has 4 nitrogen and oxygen atoms in total. The van der Waals surface area contributed by atoms with Crippen LogP contribution in [-0.2, 0) is 9.59 Å². The molecule has 12 heavy (non-hydrogen) atoms. The molecular formula is C8H15NO3. The number of hydrogen-bond donors (Lipinski definition) is 2.